The SMILES string of the molecule is CCN1C[C@@H]2C[C@H]1CN2CCOCCOCCNC(=O)O[C@@H]1CC[C@@H](C[C@@H](C)[C@@H]2C[C@@H](O)[C@H](C)/C=C(\C)[C@@H](O)[C@@H](O)C(=O)[C@H](C)C[C@H](C)/C=C/C=C/C=C(\C)[C@@H](OC)C[C@@H]3CC[C@@H](C)[C@@](O)(O3)C(=O)C(=O)N3CCCC[C@H]3C(=O)O2)C[C@H]1OC. The van der Waals surface area contributed by atoms with Crippen LogP contribution in [0.3, 0.4) is 0 Å². The van der Waals surface area contributed by atoms with Crippen molar-refractivity contribution < 1.29 is 77.6 Å². The van der Waals surface area contributed by atoms with E-state index in [-0.39, 0.29) is 49.3 Å². The van der Waals surface area contributed by atoms with Crippen LogP contribution in [-0.2, 0) is 52.3 Å². The molecule has 0 aromatic rings. The van der Waals surface area contributed by atoms with Crippen molar-refractivity contribution in [3.8, 4) is 0 Å². The van der Waals surface area contributed by atoms with E-state index in [1.165, 1.54) is 11.3 Å². The van der Waals surface area contributed by atoms with Crippen LogP contribution in [0, 0.1) is 35.5 Å². The van der Waals surface area contributed by atoms with Gasteiger partial charge >= 0.3 is 12.1 Å². The van der Waals surface area contributed by atoms with Crippen LogP contribution in [0.25, 0.3) is 0 Å². The Bertz CT molecular complexity index is 2260. The summed E-state index contributed by atoms with van der Waals surface area (Å²) in [5, 5.41) is 49.2. The molecule has 84 heavy (non-hydrogen) atoms. The van der Waals surface area contributed by atoms with E-state index in [4.69, 9.17) is 33.2 Å². The molecule has 5 aliphatic heterocycles. The average Bonchev–Trinajstić information content (AvgIpc) is 4.24. The molecule has 5 heterocycles. The Labute approximate surface area is 500 Å². The highest BCUT2D eigenvalue weighted by Crippen LogP contribution is 2.39. The maximum atomic E-state index is 14.6. The average molecular weight is 1190 g/mol. The summed E-state index contributed by atoms with van der Waals surface area (Å²) in [6, 6.07) is 0.139. The first-order chi connectivity index (χ1) is 40.1. The normalized spacial score (nSPS) is 38.4. The van der Waals surface area contributed by atoms with Crippen molar-refractivity contribution in [1.29, 1.82) is 0 Å². The van der Waals surface area contributed by atoms with E-state index in [1.807, 2.05) is 51.2 Å². The molecule has 20 nitrogen and oxygen atoms in total. The highest BCUT2D eigenvalue weighted by Gasteiger charge is 2.53. The Balaban J connectivity index is 1.11. The fourth-order valence-electron chi connectivity index (χ4n) is 13.6. The largest absolute Gasteiger partial charge is 0.460 e. The van der Waals surface area contributed by atoms with Gasteiger partial charge in [0.2, 0.25) is 5.79 Å². The van der Waals surface area contributed by atoms with Gasteiger partial charge in [0.25, 0.3) is 11.7 Å². The van der Waals surface area contributed by atoms with Crippen LogP contribution < -0.4 is 5.32 Å². The zero-order chi connectivity index (χ0) is 61.3. The maximum Gasteiger partial charge on any atom is 0.407 e. The van der Waals surface area contributed by atoms with E-state index < -0.39 is 108 Å². The number of piperidine rings is 1. The molecule has 0 unspecified atom stereocenters. The zero-order valence-electron chi connectivity index (χ0n) is 52.1. The van der Waals surface area contributed by atoms with E-state index in [0.717, 1.165) is 31.8 Å². The number of alkyl carbamates (subject to hydrolysis) is 1. The third kappa shape index (κ3) is 19.0. The summed E-state index contributed by atoms with van der Waals surface area (Å²) >= 11 is 0. The number of likely N-dealkylation sites (tertiary alicyclic amines) is 2. The first-order valence-corrected chi connectivity index (χ1v) is 31.5. The molecule has 0 spiro atoms. The number of esters is 1. The van der Waals surface area contributed by atoms with Gasteiger partial charge in [-0.25, -0.2) is 9.59 Å². The number of amides is 2. The molecule has 5 N–H and O–H groups in total. The molecule has 0 radical (unpaired) electrons. The molecule has 4 saturated heterocycles. The highest BCUT2D eigenvalue weighted by atomic mass is 16.6. The lowest BCUT2D eigenvalue weighted by atomic mass is 9.78. The number of Topliss-reactive ketones (excluding diaryl/α,β-unsaturated/α-hetero) is 2. The van der Waals surface area contributed by atoms with Crippen LogP contribution in [0.4, 0.5) is 4.79 Å². The number of aliphatic hydroxyl groups excluding tert-OH is 3. The fourth-order valence-corrected chi connectivity index (χ4v) is 13.6. The lowest BCUT2D eigenvalue weighted by Crippen LogP contribution is -2.61. The standard InChI is InChI=1S/C64H104N4O16/c1-11-66-38-49-35-48(66)39-67(49)26-28-81-30-29-80-27-24-65-63(76)83-53-23-21-47(34-56(53)79-10)33-43(5)55-37-52(69)42(4)32-45(7)58(71)59(72)57(70)44(6)31-40(2)17-13-12-14-18-41(3)54(78-9)36-50-22-20-46(8)64(77,84-50)60(73)61(74)68-25-16-15-19-51(68)62(75)82-55/h12-14,17-18,32,40,42-44,46-56,58-59,69,71-72,77H,11,15-16,19-31,33-39H2,1-10H3,(H,65,76)/b14-12+,17-13+,41-18+,45-32+/t40-,42-,43-,44-,46-,47+,48+,49+,50+,51+,52-,53-,54+,55+,56-,58-,59+,64-/m1/s1. The molecule has 4 bridgehead atoms. The molecule has 5 fully saturated rings. The predicted molar refractivity (Wildman–Crippen MR) is 316 cm³/mol. The van der Waals surface area contributed by atoms with Gasteiger partial charge in [0.05, 0.1) is 50.8 Å². The number of rotatable bonds is 16. The number of nitrogens with zero attached hydrogens (tertiary/aromatic N) is 3. The number of methoxy groups -OCH3 is 2. The molecular formula is C64H104N4O16. The molecule has 20 heteroatoms. The van der Waals surface area contributed by atoms with Crippen LogP contribution in [0.15, 0.2) is 47.6 Å². The summed E-state index contributed by atoms with van der Waals surface area (Å²) in [5.41, 5.74) is 1.15. The van der Waals surface area contributed by atoms with Crippen LogP contribution in [0.2, 0.25) is 0 Å². The third-order valence-corrected chi connectivity index (χ3v) is 18.9. The number of ether oxygens (including phenoxy) is 7. The Kier molecular flexibility index (Phi) is 27.5. The molecule has 6 aliphatic rings. The lowest BCUT2D eigenvalue weighted by Gasteiger charge is -2.43. The van der Waals surface area contributed by atoms with Gasteiger partial charge in [-0.2, -0.15) is 0 Å². The van der Waals surface area contributed by atoms with E-state index in [1.54, 1.807) is 48.0 Å². The van der Waals surface area contributed by atoms with Gasteiger partial charge in [0, 0.05) is 89.6 Å². The van der Waals surface area contributed by atoms with Gasteiger partial charge in [-0.15, -0.1) is 0 Å². The number of likely N-dealkylation sites (N-methyl/N-ethyl adjacent to an activating group) is 1. The number of allylic oxidation sites excluding steroid dienone is 5. The smallest absolute Gasteiger partial charge is 0.407 e. The Morgan fingerprint density at radius 2 is 1.52 bits per heavy atom. The minimum atomic E-state index is -2.46. The molecule has 476 valence electrons. The van der Waals surface area contributed by atoms with E-state index in [9.17, 15) is 44.4 Å². The number of cyclic esters (lactones) is 1. The second-order valence-electron chi connectivity index (χ2n) is 25.2. The van der Waals surface area contributed by atoms with Gasteiger partial charge in [-0.1, -0.05) is 78.0 Å². The summed E-state index contributed by atoms with van der Waals surface area (Å²) < 4.78 is 41.8. The zero-order valence-corrected chi connectivity index (χ0v) is 52.1. The minimum absolute atomic E-state index is 0.0318. The fraction of sp³-hybridized carbons (Fsp3) is 0.797. The monoisotopic (exact) mass is 1180 g/mol. The molecule has 18 atom stereocenters. The van der Waals surface area contributed by atoms with Gasteiger partial charge in [0.15, 0.2) is 5.78 Å². The Hall–Kier alpha value is -3.93. The molecule has 2 amide bonds. The quantitative estimate of drug-likeness (QED) is 0.0525. The molecule has 1 saturated carbocycles. The van der Waals surface area contributed by atoms with Crippen molar-refractivity contribution in [2.45, 2.75) is 212 Å². The first-order valence-electron chi connectivity index (χ1n) is 31.5. The van der Waals surface area contributed by atoms with Gasteiger partial charge < -0.3 is 63.8 Å². The van der Waals surface area contributed by atoms with Crippen LogP contribution in [0.5, 0.6) is 0 Å². The molecule has 1 aliphatic carbocycles. The second-order valence-corrected chi connectivity index (χ2v) is 25.2. The van der Waals surface area contributed by atoms with Crippen LogP contribution in [-0.4, -0.2) is 217 Å². The van der Waals surface area contributed by atoms with Crippen LogP contribution >= 0.6 is 0 Å². The number of fused-ring (bicyclic) bond motifs is 5. The number of hydrogen-bond donors (Lipinski definition) is 5. The van der Waals surface area contributed by atoms with Crippen LogP contribution in [0.1, 0.15) is 139 Å². The first kappa shape index (κ1) is 69.2. The Morgan fingerprint density at radius 1 is 0.798 bits per heavy atom. The van der Waals surface area contributed by atoms with E-state index in [2.05, 4.69) is 22.0 Å². The summed E-state index contributed by atoms with van der Waals surface area (Å²) in [4.78, 5) is 76.2. The maximum absolute atomic E-state index is 14.6. The number of ketones is 2. The summed E-state index contributed by atoms with van der Waals surface area (Å²) in [7, 11) is 3.15. The van der Waals surface area contributed by atoms with Gasteiger partial charge in [-0.3, -0.25) is 24.2 Å². The van der Waals surface area contributed by atoms with Crippen molar-refractivity contribution in [3.63, 3.8) is 0 Å². The van der Waals surface area contributed by atoms with Gasteiger partial charge in [-0.05, 0) is 120 Å². The highest BCUT2D eigenvalue weighted by molar-refractivity contribution is 6.39. The third-order valence-electron chi connectivity index (χ3n) is 18.9. The second kappa shape index (κ2) is 33.4. The summed E-state index contributed by atoms with van der Waals surface area (Å²) in [6.07, 6.45) is 9.45. The number of carbonyl (C=O) groups is 5. The van der Waals surface area contributed by atoms with Gasteiger partial charge in [0.1, 0.15) is 30.5 Å². The Morgan fingerprint density at radius 3 is 2.23 bits per heavy atom. The molecule has 0 aromatic heterocycles. The summed E-state index contributed by atoms with van der Waals surface area (Å²) in [6.45, 7) is 21.2. The van der Waals surface area contributed by atoms with Crippen molar-refractivity contribution in [2.75, 3.05) is 79.9 Å². The molecular weight excluding hydrogens is 1080 g/mol. The van der Waals surface area contributed by atoms with Crippen molar-refractivity contribution in [2.24, 2.45) is 35.5 Å². The van der Waals surface area contributed by atoms with E-state index >= 15 is 0 Å². The molecule has 6 rings (SSSR count). The lowest BCUT2D eigenvalue weighted by molar-refractivity contribution is -0.265. The topological polar surface area (TPSA) is 253 Å². The predicted octanol–water partition coefficient (Wildman–Crippen LogP) is 5.86. The minimum Gasteiger partial charge on any atom is -0.460 e. The number of piperazine rings is 1. The molecule has 0 aromatic carbocycles. The number of carbonyl (C=O) groups excluding carboxylic acids is 5. The number of nitrogens with one attached hydrogen (secondary N) is 1. The summed E-state index contributed by atoms with van der Waals surface area (Å²) in [5.74, 6) is -8.25. The number of aliphatic hydroxyl groups is 4. The van der Waals surface area contributed by atoms with Crippen molar-refractivity contribution in [3.05, 3.63) is 47.6 Å². The van der Waals surface area contributed by atoms with E-state index in [0.29, 0.717) is 103 Å². The van der Waals surface area contributed by atoms with Crippen molar-refractivity contribution in [1.82, 2.24) is 20.0 Å². The number of hydrogen-bond acceptors (Lipinski definition) is 18. The van der Waals surface area contributed by atoms with Crippen molar-refractivity contribution >= 4 is 29.5 Å².